The lowest BCUT2D eigenvalue weighted by molar-refractivity contribution is -0.138. The molecular weight excluding hydrogens is 190 g/mol. The minimum absolute atomic E-state index is 0.253. The molecule has 15 heavy (non-hydrogen) atoms. The van der Waals surface area contributed by atoms with Crippen LogP contribution < -0.4 is 0 Å². The molecule has 0 amide bonds. The molecule has 2 atom stereocenters. The van der Waals surface area contributed by atoms with E-state index in [4.69, 9.17) is 11.5 Å². The van der Waals surface area contributed by atoms with Crippen LogP contribution in [0, 0.1) is 24.2 Å². The van der Waals surface area contributed by atoms with E-state index < -0.39 is 5.97 Å². The van der Waals surface area contributed by atoms with E-state index in [2.05, 4.69) is 10.8 Å². The lowest BCUT2D eigenvalue weighted by Crippen LogP contribution is -2.38. The topological polar surface area (TPSA) is 40.5 Å². The summed E-state index contributed by atoms with van der Waals surface area (Å²) in [4.78, 5) is 12.9. The molecule has 0 aromatic heterocycles. The number of carbonyl (C=O) groups is 1. The Balaban J connectivity index is 2.41. The first kappa shape index (κ1) is 12.1. The van der Waals surface area contributed by atoms with E-state index in [-0.39, 0.29) is 12.3 Å². The van der Waals surface area contributed by atoms with Gasteiger partial charge in [0.05, 0.1) is 6.54 Å². The summed E-state index contributed by atoms with van der Waals surface area (Å²) in [5.41, 5.74) is 0. The third-order valence-electron chi connectivity index (χ3n) is 3.16. The predicted molar refractivity (Wildman–Crippen MR) is 59.4 cm³/mol. The van der Waals surface area contributed by atoms with E-state index in [0.717, 1.165) is 25.9 Å². The quantitative estimate of drug-likeness (QED) is 0.712. The molecule has 1 aliphatic rings. The largest absolute Gasteiger partial charge is 0.481 e. The maximum absolute atomic E-state index is 10.6. The van der Waals surface area contributed by atoms with Gasteiger partial charge in [0.25, 0.3) is 0 Å². The molecule has 0 radical (unpaired) electrons. The van der Waals surface area contributed by atoms with Crippen LogP contribution in [0.1, 0.15) is 26.2 Å². The molecule has 0 bridgehead atoms. The van der Waals surface area contributed by atoms with Crippen LogP contribution in [-0.2, 0) is 4.79 Å². The minimum Gasteiger partial charge on any atom is -0.481 e. The fraction of sp³-hybridized carbons (Fsp3) is 0.750. The summed E-state index contributed by atoms with van der Waals surface area (Å²) in [5.74, 6) is 2.69. The molecule has 1 rings (SSSR count). The number of aliphatic carboxylic acids is 1. The van der Waals surface area contributed by atoms with Crippen LogP contribution in [-0.4, -0.2) is 35.6 Å². The number of carboxylic acids is 1. The lowest BCUT2D eigenvalue weighted by atomic mass is 9.85. The zero-order valence-electron chi connectivity index (χ0n) is 9.28. The van der Waals surface area contributed by atoms with Crippen molar-refractivity contribution in [2.24, 2.45) is 11.8 Å². The fourth-order valence-electron chi connectivity index (χ4n) is 2.27. The molecule has 1 aliphatic heterocycles. The van der Waals surface area contributed by atoms with Crippen LogP contribution >= 0.6 is 0 Å². The second kappa shape index (κ2) is 5.77. The lowest BCUT2D eigenvalue weighted by Gasteiger charge is -2.34. The second-order valence-corrected chi connectivity index (χ2v) is 4.42. The zero-order chi connectivity index (χ0) is 11.3. The summed E-state index contributed by atoms with van der Waals surface area (Å²) in [6.45, 7) is 4.73. The number of nitrogens with zero attached hydrogens (tertiary/aromatic N) is 1. The van der Waals surface area contributed by atoms with Gasteiger partial charge < -0.3 is 5.11 Å². The molecule has 1 N–H and O–H groups in total. The van der Waals surface area contributed by atoms with Crippen molar-refractivity contribution < 1.29 is 9.90 Å². The van der Waals surface area contributed by atoms with E-state index in [0.29, 0.717) is 12.5 Å². The van der Waals surface area contributed by atoms with Gasteiger partial charge >= 0.3 is 5.97 Å². The first-order chi connectivity index (χ1) is 7.13. The summed E-state index contributed by atoms with van der Waals surface area (Å²) in [5, 5.41) is 8.74. The molecule has 2 unspecified atom stereocenters. The van der Waals surface area contributed by atoms with Crippen molar-refractivity contribution in [3.05, 3.63) is 0 Å². The molecule has 0 aromatic rings. The average molecular weight is 209 g/mol. The molecule has 0 spiro atoms. The zero-order valence-corrected chi connectivity index (χ0v) is 9.28. The van der Waals surface area contributed by atoms with E-state index in [1.54, 1.807) is 0 Å². The van der Waals surface area contributed by atoms with E-state index >= 15 is 0 Å². The third kappa shape index (κ3) is 3.93. The molecule has 1 heterocycles. The maximum Gasteiger partial charge on any atom is 0.303 e. The van der Waals surface area contributed by atoms with Gasteiger partial charge in [-0.1, -0.05) is 12.8 Å². The van der Waals surface area contributed by atoms with Crippen LogP contribution in [0.25, 0.3) is 0 Å². The highest BCUT2D eigenvalue weighted by Gasteiger charge is 2.25. The fourth-order valence-corrected chi connectivity index (χ4v) is 2.27. The Morgan fingerprint density at radius 2 is 2.47 bits per heavy atom. The summed E-state index contributed by atoms with van der Waals surface area (Å²) in [7, 11) is 0. The molecule has 1 saturated heterocycles. The Labute approximate surface area is 91.5 Å². The number of carboxylic acid groups (broad SMARTS) is 1. The normalized spacial score (nSPS) is 24.4. The van der Waals surface area contributed by atoms with Crippen molar-refractivity contribution in [3.8, 4) is 12.3 Å². The molecule has 1 fully saturated rings. The number of hydrogen-bond donors (Lipinski definition) is 1. The predicted octanol–water partition coefficient (Wildman–Crippen LogP) is 1.44. The molecule has 0 aromatic carbocycles. The maximum atomic E-state index is 10.6. The van der Waals surface area contributed by atoms with Crippen LogP contribution in [0.5, 0.6) is 0 Å². The van der Waals surface area contributed by atoms with E-state index in [1.807, 2.05) is 6.92 Å². The highest BCUT2D eigenvalue weighted by Crippen LogP contribution is 2.25. The molecular formula is C12H19NO2. The first-order valence-electron chi connectivity index (χ1n) is 5.51. The Morgan fingerprint density at radius 3 is 3.07 bits per heavy atom. The number of piperidine rings is 1. The first-order valence-corrected chi connectivity index (χ1v) is 5.51. The van der Waals surface area contributed by atoms with Crippen molar-refractivity contribution >= 4 is 5.97 Å². The van der Waals surface area contributed by atoms with Gasteiger partial charge in [-0.25, -0.2) is 0 Å². The van der Waals surface area contributed by atoms with Crippen LogP contribution in [0.4, 0.5) is 0 Å². The molecule has 3 heteroatoms. The number of likely N-dealkylation sites (tertiary alicyclic amines) is 1. The van der Waals surface area contributed by atoms with Crippen molar-refractivity contribution in [3.63, 3.8) is 0 Å². The Morgan fingerprint density at radius 1 is 1.73 bits per heavy atom. The summed E-state index contributed by atoms with van der Waals surface area (Å²) in [6.07, 6.45) is 7.82. The Bertz CT molecular complexity index is 257. The molecule has 0 aliphatic carbocycles. The smallest absolute Gasteiger partial charge is 0.303 e. The highest BCUT2D eigenvalue weighted by atomic mass is 16.4. The van der Waals surface area contributed by atoms with Crippen molar-refractivity contribution in [1.82, 2.24) is 4.90 Å². The molecule has 84 valence electrons. The summed E-state index contributed by atoms with van der Waals surface area (Å²) >= 11 is 0. The van der Waals surface area contributed by atoms with Gasteiger partial charge in [0.1, 0.15) is 0 Å². The number of hydrogen-bond acceptors (Lipinski definition) is 2. The van der Waals surface area contributed by atoms with Gasteiger partial charge in [-0.05, 0) is 31.2 Å². The SMILES string of the molecule is C#CCN1CCCC(C(C)CC(=O)O)C1. The van der Waals surface area contributed by atoms with E-state index in [1.165, 1.54) is 0 Å². The van der Waals surface area contributed by atoms with Crippen molar-refractivity contribution in [1.29, 1.82) is 0 Å². The summed E-state index contributed by atoms with van der Waals surface area (Å²) < 4.78 is 0. The van der Waals surface area contributed by atoms with Crippen molar-refractivity contribution in [2.45, 2.75) is 26.2 Å². The van der Waals surface area contributed by atoms with Gasteiger partial charge in [-0.2, -0.15) is 0 Å². The summed E-state index contributed by atoms with van der Waals surface area (Å²) in [6, 6.07) is 0. The van der Waals surface area contributed by atoms with Crippen LogP contribution in [0.2, 0.25) is 0 Å². The Hall–Kier alpha value is -1.01. The highest BCUT2D eigenvalue weighted by molar-refractivity contribution is 5.66. The Kier molecular flexibility index (Phi) is 4.64. The van der Waals surface area contributed by atoms with Crippen LogP contribution in [0.15, 0.2) is 0 Å². The van der Waals surface area contributed by atoms with Gasteiger partial charge in [0.2, 0.25) is 0 Å². The third-order valence-corrected chi connectivity index (χ3v) is 3.16. The standard InChI is InChI=1S/C12H19NO2/c1-3-6-13-7-4-5-11(9-13)10(2)8-12(14)15/h1,10-11H,4-9H2,2H3,(H,14,15). The van der Waals surface area contributed by atoms with Gasteiger partial charge in [-0.15, -0.1) is 6.42 Å². The van der Waals surface area contributed by atoms with Gasteiger partial charge in [0, 0.05) is 13.0 Å². The monoisotopic (exact) mass is 209 g/mol. The van der Waals surface area contributed by atoms with Crippen LogP contribution in [0.3, 0.4) is 0 Å². The number of rotatable bonds is 4. The minimum atomic E-state index is -0.698. The average Bonchev–Trinajstić information content (AvgIpc) is 2.17. The molecule has 3 nitrogen and oxygen atoms in total. The molecule has 0 saturated carbocycles. The number of terminal acetylenes is 1. The van der Waals surface area contributed by atoms with Gasteiger partial charge in [0.15, 0.2) is 0 Å². The van der Waals surface area contributed by atoms with E-state index in [9.17, 15) is 4.79 Å². The van der Waals surface area contributed by atoms with Gasteiger partial charge in [-0.3, -0.25) is 9.69 Å². The van der Waals surface area contributed by atoms with Crippen molar-refractivity contribution in [2.75, 3.05) is 19.6 Å². The second-order valence-electron chi connectivity index (χ2n) is 4.42.